The van der Waals surface area contributed by atoms with Crippen LogP contribution in [-0.2, 0) is 19.4 Å². The van der Waals surface area contributed by atoms with Crippen molar-refractivity contribution in [2.45, 2.75) is 39.2 Å². The highest BCUT2D eigenvalue weighted by atomic mass is 32.2. The maximum atomic E-state index is 13.2. The lowest BCUT2D eigenvalue weighted by Crippen LogP contribution is -2.42. The molecule has 0 radical (unpaired) electrons. The van der Waals surface area contributed by atoms with Crippen molar-refractivity contribution in [1.82, 2.24) is 19.9 Å². The highest BCUT2D eigenvalue weighted by Gasteiger charge is 2.25. The molecule has 1 unspecified atom stereocenters. The van der Waals surface area contributed by atoms with Gasteiger partial charge >= 0.3 is 5.97 Å². The molecule has 1 fully saturated rings. The first-order valence-corrected chi connectivity index (χ1v) is 15.8. The Labute approximate surface area is 249 Å². The van der Waals surface area contributed by atoms with Gasteiger partial charge in [0.25, 0.3) is 11.8 Å². The van der Waals surface area contributed by atoms with Gasteiger partial charge in [-0.25, -0.2) is 23.2 Å². The number of esters is 1. The van der Waals surface area contributed by atoms with E-state index in [1.807, 2.05) is 0 Å². The predicted octanol–water partition coefficient (Wildman–Crippen LogP) is 3.21. The van der Waals surface area contributed by atoms with E-state index in [-0.39, 0.29) is 59.7 Å². The van der Waals surface area contributed by atoms with Gasteiger partial charge in [-0.05, 0) is 57.4 Å². The van der Waals surface area contributed by atoms with Gasteiger partial charge in [0.15, 0.2) is 11.9 Å². The second-order valence-corrected chi connectivity index (χ2v) is 12.2. The van der Waals surface area contributed by atoms with Crippen molar-refractivity contribution in [2.75, 3.05) is 37.0 Å². The largest absolute Gasteiger partial charge is 0.479 e. The third kappa shape index (κ3) is 9.20. The van der Waals surface area contributed by atoms with Crippen LogP contribution in [0.25, 0.3) is 0 Å². The summed E-state index contributed by atoms with van der Waals surface area (Å²) in [6, 6.07) is 7.50. The molecule has 13 nitrogen and oxygen atoms in total. The fraction of sp³-hybridized carbons (Fsp3) is 0.379. The normalized spacial score (nSPS) is 13.4. The summed E-state index contributed by atoms with van der Waals surface area (Å²) >= 11 is 0. The van der Waals surface area contributed by atoms with Crippen LogP contribution in [0.3, 0.4) is 0 Å². The molecular formula is C29H33N5O8S. The summed E-state index contributed by atoms with van der Waals surface area (Å²) in [5, 5.41) is 2.66. The number of likely N-dealkylation sites (tertiary alicyclic amines) is 1. The van der Waals surface area contributed by atoms with Crippen molar-refractivity contribution in [2.24, 2.45) is 0 Å². The van der Waals surface area contributed by atoms with Crippen molar-refractivity contribution in [3.05, 3.63) is 65.9 Å². The second kappa shape index (κ2) is 14.1. The average molecular weight is 612 g/mol. The number of aryl methyl sites for hydroxylation is 1. The summed E-state index contributed by atoms with van der Waals surface area (Å²) in [6.45, 7) is 4.91. The summed E-state index contributed by atoms with van der Waals surface area (Å²) in [4.78, 5) is 52.5. The molecule has 3 heterocycles. The van der Waals surface area contributed by atoms with Gasteiger partial charge in [0.1, 0.15) is 32.8 Å². The molecule has 1 N–H and O–H groups in total. The van der Waals surface area contributed by atoms with Crippen molar-refractivity contribution in [3.63, 3.8) is 0 Å². The van der Waals surface area contributed by atoms with E-state index < -0.39 is 27.8 Å². The number of carbonyl (C=O) groups excluding carboxylic acids is 3. The number of nitrogens with one attached hydrogen (secondary N) is 1. The Kier molecular flexibility index (Phi) is 10.2. The summed E-state index contributed by atoms with van der Waals surface area (Å²) in [5.41, 5.74) is 1.08. The molecule has 0 bridgehead atoms. The van der Waals surface area contributed by atoms with E-state index in [4.69, 9.17) is 14.2 Å². The summed E-state index contributed by atoms with van der Waals surface area (Å²) < 4.78 is 40.3. The van der Waals surface area contributed by atoms with Crippen LogP contribution in [0.2, 0.25) is 0 Å². The monoisotopic (exact) mass is 611 g/mol. The van der Waals surface area contributed by atoms with Crippen molar-refractivity contribution >= 4 is 33.4 Å². The van der Waals surface area contributed by atoms with Gasteiger partial charge in [0, 0.05) is 31.0 Å². The fourth-order valence-corrected chi connectivity index (χ4v) is 4.71. The van der Waals surface area contributed by atoms with Gasteiger partial charge in [-0.2, -0.15) is 0 Å². The first kappa shape index (κ1) is 31.3. The zero-order chi connectivity index (χ0) is 31.0. The van der Waals surface area contributed by atoms with Crippen LogP contribution in [0.15, 0.2) is 48.9 Å². The van der Waals surface area contributed by atoms with Crippen LogP contribution >= 0.6 is 0 Å². The SMILES string of the molecule is CCOC(=O)C(CCCS(C)(=O)=O)Oc1cc(Oc2ccc(C(=O)N3CCC3)nc2)cc(C(=O)Nc2cnc(C)cn2)c1. The lowest BCUT2D eigenvalue weighted by Gasteiger charge is -2.30. The molecule has 4 rings (SSSR count). The van der Waals surface area contributed by atoms with E-state index in [1.165, 1.54) is 36.8 Å². The number of carbonyl (C=O) groups is 3. The Bertz CT molecular complexity index is 1560. The molecule has 1 aliphatic rings. The van der Waals surface area contributed by atoms with E-state index in [1.54, 1.807) is 30.9 Å². The van der Waals surface area contributed by atoms with E-state index in [9.17, 15) is 22.8 Å². The summed E-state index contributed by atoms with van der Waals surface area (Å²) in [5.74, 6) is -0.713. The minimum atomic E-state index is -3.26. The molecule has 14 heteroatoms. The first-order chi connectivity index (χ1) is 20.5. The number of nitrogens with zero attached hydrogens (tertiary/aromatic N) is 4. The summed E-state index contributed by atoms with van der Waals surface area (Å²) in [7, 11) is -3.26. The van der Waals surface area contributed by atoms with E-state index in [0.29, 0.717) is 24.5 Å². The molecule has 0 spiro atoms. The topological polar surface area (TPSA) is 167 Å². The molecule has 2 amide bonds. The number of anilines is 1. The van der Waals surface area contributed by atoms with Crippen LogP contribution in [0, 0.1) is 6.92 Å². The number of rotatable bonds is 13. The van der Waals surface area contributed by atoms with E-state index in [2.05, 4.69) is 20.3 Å². The van der Waals surface area contributed by atoms with Gasteiger partial charge in [-0.3, -0.25) is 14.6 Å². The fourth-order valence-electron chi connectivity index (χ4n) is 4.02. The average Bonchev–Trinajstić information content (AvgIpc) is 2.92. The number of hydrogen-bond acceptors (Lipinski definition) is 11. The number of hydrogen-bond donors (Lipinski definition) is 1. The van der Waals surface area contributed by atoms with Gasteiger partial charge in [0.2, 0.25) is 0 Å². The lowest BCUT2D eigenvalue weighted by molar-refractivity contribution is -0.151. The number of amides is 2. The minimum Gasteiger partial charge on any atom is -0.479 e. The second-order valence-electron chi connectivity index (χ2n) is 9.95. The molecule has 1 atom stereocenters. The van der Waals surface area contributed by atoms with Crippen LogP contribution < -0.4 is 14.8 Å². The van der Waals surface area contributed by atoms with E-state index >= 15 is 0 Å². The Hall–Kier alpha value is -4.59. The minimum absolute atomic E-state index is 0.0634. The van der Waals surface area contributed by atoms with Gasteiger partial charge in [0.05, 0.1) is 36.6 Å². The zero-order valence-electron chi connectivity index (χ0n) is 24.1. The molecular weight excluding hydrogens is 578 g/mol. The van der Waals surface area contributed by atoms with Crippen LogP contribution in [-0.4, -0.2) is 83.9 Å². The quantitative estimate of drug-likeness (QED) is 0.282. The molecule has 3 aromatic rings. The third-order valence-corrected chi connectivity index (χ3v) is 7.34. The Morgan fingerprint density at radius 2 is 1.77 bits per heavy atom. The van der Waals surface area contributed by atoms with Gasteiger partial charge in [-0.15, -0.1) is 0 Å². The molecule has 0 saturated carbocycles. The number of pyridine rings is 1. The Morgan fingerprint density at radius 3 is 2.37 bits per heavy atom. The molecule has 2 aromatic heterocycles. The maximum Gasteiger partial charge on any atom is 0.347 e. The number of benzene rings is 1. The van der Waals surface area contributed by atoms with E-state index in [0.717, 1.165) is 12.7 Å². The van der Waals surface area contributed by atoms with Crippen LogP contribution in [0.4, 0.5) is 5.82 Å². The molecule has 228 valence electrons. The van der Waals surface area contributed by atoms with Gasteiger partial charge < -0.3 is 24.4 Å². The predicted molar refractivity (Wildman–Crippen MR) is 156 cm³/mol. The first-order valence-electron chi connectivity index (χ1n) is 13.7. The van der Waals surface area contributed by atoms with Crippen molar-refractivity contribution < 1.29 is 37.0 Å². The number of ether oxygens (including phenoxy) is 3. The maximum absolute atomic E-state index is 13.2. The molecule has 1 saturated heterocycles. The lowest BCUT2D eigenvalue weighted by atomic mass is 10.1. The highest BCUT2D eigenvalue weighted by molar-refractivity contribution is 7.90. The van der Waals surface area contributed by atoms with Crippen molar-refractivity contribution in [3.8, 4) is 17.2 Å². The Balaban J connectivity index is 1.59. The summed E-state index contributed by atoms with van der Waals surface area (Å²) in [6.07, 6.45) is 5.48. The van der Waals surface area contributed by atoms with Gasteiger partial charge in [-0.1, -0.05) is 0 Å². The number of sulfone groups is 1. The molecule has 1 aromatic carbocycles. The highest BCUT2D eigenvalue weighted by Crippen LogP contribution is 2.29. The molecule has 1 aliphatic heterocycles. The third-order valence-electron chi connectivity index (χ3n) is 6.31. The molecule has 43 heavy (non-hydrogen) atoms. The Morgan fingerprint density at radius 1 is 1.00 bits per heavy atom. The zero-order valence-corrected chi connectivity index (χ0v) is 24.9. The smallest absolute Gasteiger partial charge is 0.347 e. The van der Waals surface area contributed by atoms with Crippen LogP contribution in [0.1, 0.15) is 52.7 Å². The number of aromatic nitrogens is 3. The van der Waals surface area contributed by atoms with Crippen LogP contribution in [0.5, 0.6) is 17.2 Å². The molecule has 0 aliphatic carbocycles. The van der Waals surface area contributed by atoms with Crippen molar-refractivity contribution in [1.29, 1.82) is 0 Å². The standard InChI is InChI=1S/C29H33N5O8S/c1-4-40-29(37)25(7-5-12-43(3,38)39)42-23-14-20(27(35)33-26-18-30-19(2)16-32-26)13-22(15-23)41-21-8-9-24(31-17-21)28(36)34-10-6-11-34/h8-9,13-18,25H,4-7,10-12H2,1-3H3,(H,32,33,35).